The Bertz CT molecular complexity index is 1240. The average Bonchev–Trinajstić information content (AvgIpc) is 3.11. The highest BCUT2D eigenvalue weighted by Gasteiger charge is 2.30. The first-order chi connectivity index (χ1) is 16.3. The van der Waals surface area contributed by atoms with Crippen molar-refractivity contribution < 1.29 is 28.9 Å². The number of hydrogen-bond donors (Lipinski definition) is 3. The molecule has 0 saturated heterocycles. The van der Waals surface area contributed by atoms with E-state index in [-0.39, 0.29) is 29.9 Å². The van der Waals surface area contributed by atoms with Crippen molar-refractivity contribution in [1.82, 2.24) is 9.88 Å². The number of amides is 1. The number of ether oxygens (including phenoxy) is 1. The first-order valence-corrected chi connectivity index (χ1v) is 11.5. The van der Waals surface area contributed by atoms with Crippen LogP contribution < -0.4 is 10.1 Å². The van der Waals surface area contributed by atoms with Gasteiger partial charge in [-0.25, -0.2) is 9.18 Å². The number of aryl methyl sites for hydroxylation is 1. The Morgan fingerprint density at radius 3 is 2.76 bits per heavy atom. The number of rotatable bonds is 8. The summed E-state index contributed by atoms with van der Waals surface area (Å²) in [4.78, 5) is 24.6. The molecule has 0 spiro atoms. The summed E-state index contributed by atoms with van der Waals surface area (Å²) in [7, 11) is 1.48. The van der Waals surface area contributed by atoms with Crippen molar-refractivity contribution in [3.8, 4) is 11.5 Å². The number of benzene rings is 2. The SMILES string of the molecule is CCC(C(=O)O)n1c2c(c3cc(F)ccc31)C[C@@H](NC(=O)CCc1ccc(O)c(OC)c1)CC2. The quantitative estimate of drug-likeness (QED) is 0.461. The van der Waals surface area contributed by atoms with Gasteiger partial charge in [0, 0.05) is 29.1 Å². The lowest BCUT2D eigenvalue weighted by molar-refractivity contribution is -0.141. The minimum Gasteiger partial charge on any atom is -0.504 e. The molecule has 1 heterocycles. The number of aliphatic carboxylic acids is 1. The molecule has 4 rings (SSSR count). The average molecular weight is 469 g/mol. The number of nitrogens with zero attached hydrogens (tertiary/aromatic N) is 1. The van der Waals surface area contributed by atoms with E-state index in [2.05, 4.69) is 5.32 Å². The molecule has 3 aromatic rings. The lowest BCUT2D eigenvalue weighted by Crippen LogP contribution is -2.39. The number of nitrogens with one attached hydrogen (secondary N) is 1. The van der Waals surface area contributed by atoms with Crippen molar-refractivity contribution in [3.05, 3.63) is 59.0 Å². The smallest absolute Gasteiger partial charge is 0.326 e. The Kier molecular flexibility index (Phi) is 6.77. The summed E-state index contributed by atoms with van der Waals surface area (Å²) in [5.74, 6) is -0.947. The summed E-state index contributed by atoms with van der Waals surface area (Å²) < 4.78 is 21.0. The maximum absolute atomic E-state index is 14.1. The lowest BCUT2D eigenvalue weighted by Gasteiger charge is -2.26. The van der Waals surface area contributed by atoms with Crippen molar-refractivity contribution in [1.29, 1.82) is 0 Å². The molecule has 1 aliphatic carbocycles. The highest BCUT2D eigenvalue weighted by atomic mass is 19.1. The first-order valence-electron chi connectivity index (χ1n) is 11.5. The summed E-state index contributed by atoms with van der Waals surface area (Å²) in [6.07, 6.45) is 3.02. The van der Waals surface area contributed by atoms with Crippen LogP contribution in [0.4, 0.5) is 4.39 Å². The second-order valence-electron chi connectivity index (χ2n) is 8.73. The summed E-state index contributed by atoms with van der Waals surface area (Å²) in [6, 6.07) is 8.66. The Labute approximate surface area is 197 Å². The fourth-order valence-electron chi connectivity index (χ4n) is 4.95. The first kappa shape index (κ1) is 23.6. The van der Waals surface area contributed by atoms with Gasteiger partial charge in [-0.3, -0.25) is 4.79 Å². The Morgan fingerprint density at radius 1 is 1.26 bits per heavy atom. The van der Waals surface area contributed by atoms with Crippen molar-refractivity contribution >= 4 is 22.8 Å². The second kappa shape index (κ2) is 9.75. The van der Waals surface area contributed by atoms with E-state index in [4.69, 9.17) is 4.74 Å². The number of carboxylic acid groups (broad SMARTS) is 1. The number of aromatic nitrogens is 1. The van der Waals surface area contributed by atoms with Gasteiger partial charge in [-0.1, -0.05) is 13.0 Å². The Balaban J connectivity index is 1.51. The van der Waals surface area contributed by atoms with Crippen LogP contribution in [0.3, 0.4) is 0 Å². The van der Waals surface area contributed by atoms with Gasteiger partial charge in [0.05, 0.1) is 7.11 Å². The largest absolute Gasteiger partial charge is 0.504 e. The summed E-state index contributed by atoms with van der Waals surface area (Å²) in [5.41, 5.74) is 3.42. The predicted molar refractivity (Wildman–Crippen MR) is 126 cm³/mol. The molecule has 180 valence electrons. The van der Waals surface area contributed by atoms with Crippen LogP contribution in [-0.2, 0) is 28.9 Å². The number of phenols is 1. The van der Waals surface area contributed by atoms with Gasteiger partial charge in [0.15, 0.2) is 11.5 Å². The molecule has 0 saturated carbocycles. The molecule has 0 bridgehead atoms. The molecule has 2 atom stereocenters. The Hall–Kier alpha value is -3.55. The Morgan fingerprint density at radius 2 is 2.06 bits per heavy atom. The van der Waals surface area contributed by atoms with Gasteiger partial charge in [0.1, 0.15) is 11.9 Å². The number of phenolic OH excluding ortho intramolecular Hbond substituents is 1. The zero-order valence-electron chi connectivity index (χ0n) is 19.3. The molecule has 8 heteroatoms. The second-order valence-corrected chi connectivity index (χ2v) is 8.73. The van der Waals surface area contributed by atoms with Crippen LogP contribution >= 0.6 is 0 Å². The summed E-state index contributed by atoms with van der Waals surface area (Å²) in [6.45, 7) is 1.83. The summed E-state index contributed by atoms with van der Waals surface area (Å²) in [5, 5.41) is 23.3. The van der Waals surface area contributed by atoms with E-state index in [0.717, 1.165) is 16.8 Å². The standard InChI is InChI=1S/C26H29FN2O5/c1-3-20(26(32)33)29-21-8-6-16(27)13-18(21)19-14-17(7-9-22(19)29)28-25(31)11-5-15-4-10-23(30)24(12-15)34-2/h4,6,8,10,12-13,17,20,30H,3,5,7,9,11,14H2,1-2H3,(H,28,31)(H,32,33)/t17-,20?/m0/s1. The van der Waals surface area contributed by atoms with E-state index in [1.54, 1.807) is 24.3 Å². The third kappa shape index (κ3) is 4.58. The minimum absolute atomic E-state index is 0.0533. The van der Waals surface area contributed by atoms with Crippen LogP contribution in [0.25, 0.3) is 10.9 Å². The van der Waals surface area contributed by atoms with Crippen LogP contribution in [0.2, 0.25) is 0 Å². The fourth-order valence-corrected chi connectivity index (χ4v) is 4.95. The molecule has 0 fully saturated rings. The molecule has 0 radical (unpaired) electrons. The number of carbonyl (C=O) groups is 2. The van der Waals surface area contributed by atoms with Crippen LogP contribution in [0.15, 0.2) is 36.4 Å². The molecule has 2 aromatic carbocycles. The molecule has 7 nitrogen and oxygen atoms in total. The van der Waals surface area contributed by atoms with Crippen LogP contribution in [0.1, 0.15) is 49.0 Å². The highest BCUT2D eigenvalue weighted by Crippen LogP contribution is 2.36. The maximum Gasteiger partial charge on any atom is 0.326 e. The third-order valence-corrected chi connectivity index (χ3v) is 6.60. The lowest BCUT2D eigenvalue weighted by atomic mass is 9.91. The number of aromatic hydroxyl groups is 1. The predicted octanol–water partition coefficient (Wildman–Crippen LogP) is 4.14. The molecular formula is C26H29FN2O5. The minimum atomic E-state index is -0.909. The highest BCUT2D eigenvalue weighted by molar-refractivity contribution is 5.88. The van der Waals surface area contributed by atoms with Gasteiger partial charge in [0.2, 0.25) is 5.91 Å². The molecule has 3 N–H and O–H groups in total. The molecule has 1 unspecified atom stereocenters. The van der Waals surface area contributed by atoms with Crippen molar-refractivity contribution in [2.45, 2.75) is 57.5 Å². The zero-order valence-corrected chi connectivity index (χ0v) is 19.3. The maximum atomic E-state index is 14.1. The molecule has 1 aromatic heterocycles. The number of carboxylic acids is 1. The number of hydrogen-bond acceptors (Lipinski definition) is 4. The van der Waals surface area contributed by atoms with Gasteiger partial charge in [0.25, 0.3) is 0 Å². The van der Waals surface area contributed by atoms with E-state index in [1.807, 2.05) is 11.5 Å². The number of halogens is 1. The van der Waals surface area contributed by atoms with Crippen molar-refractivity contribution in [2.24, 2.45) is 0 Å². The van der Waals surface area contributed by atoms with Crippen LogP contribution in [0.5, 0.6) is 11.5 Å². The van der Waals surface area contributed by atoms with Crippen LogP contribution in [-0.4, -0.2) is 39.8 Å². The van der Waals surface area contributed by atoms with E-state index in [0.29, 0.717) is 48.8 Å². The van der Waals surface area contributed by atoms with Gasteiger partial charge in [-0.15, -0.1) is 0 Å². The van der Waals surface area contributed by atoms with Gasteiger partial charge < -0.3 is 24.8 Å². The van der Waals surface area contributed by atoms with E-state index in [1.165, 1.54) is 19.2 Å². The zero-order chi connectivity index (χ0) is 24.4. The van der Waals surface area contributed by atoms with E-state index >= 15 is 0 Å². The normalized spacial score (nSPS) is 16.1. The van der Waals surface area contributed by atoms with E-state index < -0.39 is 12.0 Å². The number of carbonyl (C=O) groups excluding carboxylic acids is 1. The molecule has 0 aliphatic heterocycles. The van der Waals surface area contributed by atoms with Gasteiger partial charge in [-0.05, 0) is 73.6 Å². The van der Waals surface area contributed by atoms with Crippen LogP contribution in [0, 0.1) is 5.82 Å². The van der Waals surface area contributed by atoms with Crippen molar-refractivity contribution in [3.63, 3.8) is 0 Å². The summed E-state index contributed by atoms with van der Waals surface area (Å²) >= 11 is 0. The molecule has 34 heavy (non-hydrogen) atoms. The van der Waals surface area contributed by atoms with E-state index in [9.17, 15) is 24.2 Å². The number of methoxy groups -OCH3 is 1. The van der Waals surface area contributed by atoms with Gasteiger partial charge in [-0.2, -0.15) is 0 Å². The van der Waals surface area contributed by atoms with Crippen molar-refractivity contribution in [2.75, 3.05) is 7.11 Å². The third-order valence-electron chi connectivity index (χ3n) is 6.60. The molecule has 1 aliphatic rings. The van der Waals surface area contributed by atoms with Gasteiger partial charge >= 0.3 is 5.97 Å². The molecule has 1 amide bonds. The monoisotopic (exact) mass is 468 g/mol. The molecular weight excluding hydrogens is 439 g/mol. The topological polar surface area (TPSA) is 101 Å². The fraction of sp³-hybridized carbons (Fsp3) is 0.385. The number of fused-ring (bicyclic) bond motifs is 3.